The number of rotatable bonds is 5. The number of fused-ring (bicyclic) bond motifs is 1. The van der Waals surface area contributed by atoms with Crippen molar-refractivity contribution in [2.45, 2.75) is 32.4 Å². The molecular weight excluding hydrogens is 236 g/mol. The second-order valence-corrected chi connectivity index (χ2v) is 5.32. The van der Waals surface area contributed by atoms with E-state index in [1.165, 1.54) is 18.5 Å². The quantitative estimate of drug-likeness (QED) is 0.889. The smallest absolute Gasteiger partial charge is 0.137 e. The first kappa shape index (κ1) is 12.6. The molecule has 2 aromatic heterocycles. The predicted octanol–water partition coefficient (Wildman–Crippen LogP) is 1.91. The van der Waals surface area contributed by atoms with Crippen LogP contribution in [0, 0.1) is 0 Å². The fourth-order valence-electron chi connectivity index (χ4n) is 2.90. The summed E-state index contributed by atoms with van der Waals surface area (Å²) in [5.41, 5.74) is 2.21. The summed E-state index contributed by atoms with van der Waals surface area (Å²) in [6.07, 6.45) is 6.67. The van der Waals surface area contributed by atoms with Gasteiger partial charge in [-0.25, -0.2) is 4.98 Å². The molecule has 0 saturated carbocycles. The van der Waals surface area contributed by atoms with Crippen molar-refractivity contribution in [1.29, 1.82) is 0 Å². The van der Waals surface area contributed by atoms with Crippen molar-refractivity contribution < 1.29 is 0 Å². The zero-order valence-electron chi connectivity index (χ0n) is 11.5. The number of pyridine rings is 1. The number of nitrogens with zero attached hydrogens (tertiary/aromatic N) is 3. The van der Waals surface area contributed by atoms with Crippen LogP contribution in [0.2, 0.25) is 0 Å². The topological polar surface area (TPSA) is 32.6 Å². The molecule has 0 aromatic carbocycles. The predicted molar refractivity (Wildman–Crippen MR) is 77.2 cm³/mol. The van der Waals surface area contributed by atoms with Crippen LogP contribution in [0.1, 0.15) is 25.5 Å². The number of hydrogen-bond donors (Lipinski definition) is 1. The standard InChI is InChI=1S/C15H22N4/c1-2-8-18(14-6-7-16-10-14)11-13-12-19-9-4-3-5-15(19)17-13/h3-5,9,12,14,16H,2,6-8,10-11H2,1H3. The van der Waals surface area contributed by atoms with Gasteiger partial charge in [0.1, 0.15) is 5.65 Å². The Morgan fingerprint density at radius 2 is 2.42 bits per heavy atom. The van der Waals surface area contributed by atoms with E-state index in [2.05, 4.69) is 40.0 Å². The Balaban J connectivity index is 1.76. The molecule has 1 N–H and O–H groups in total. The fourth-order valence-corrected chi connectivity index (χ4v) is 2.90. The molecule has 0 radical (unpaired) electrons. The normalized spacial score (nSPS) is 19.6. The third-order valence-electron chi connectivity index (χ3n) is 3.84. The first-order valence-electron chi connectivity index (χ1n) is 7.24. The number of hydrogen-bond acceptors (Lipinski definition) is 3. The van der Waals surface area contributed by atoms with E-state index < -0.39 is 0 Å². The maximum absolute atomic E-state index is 4.71. The van der Waals surface area contributed by atoms with E-state index in [4.69, 9.17) is 4.98 Å². The molecule has 1 fully saturated rings. The summed E-state index contributed by atoms with van der Waals surface area (Å²) in [6, 6.07) is 6.81. The Bertz CT molecular complexity index is 495. The van der Waals surface area contributed by atoms with Gasteiger partial charge >= 0.3 is 0 Å². The highest BCUT2D eigenvalue weighted by molar-refractivity contribution is 5.39. The second kappa shape index (κ2) is 5.72. The van der Waals surface area contributed by atoms with Gasteiger partial charge in [0.2, 0.25) is 0 Å². The van der Waals surface area contributed by atoms with Gasteiger partial charge in [-0.3, -0.25) is 4.90 Å². The van der Waals surface area contributed by atoms with Crippen molar-refractivity contribution >= 4 is 5.65 Å². The molecule has 3 heterocycles. The van der Waals surface area contributed by atoms with Gasteiger partial charge in [-0.15, -0.1) is 0 Å². The van der Waals surface area contributed by atoms with Crippen molar-refractivity contribution in [2.75, 3.05) is 19.6 Å². The zero-order valence-corrected chi connectivity index (χ0v) is 11.5. The average Bonchev–Trinajstić information content (AvgIpc) is 3.07. The SMILES string of the molecule is CCCN(Cc1cn2ccccc2n1)C1CCNC1. The van der Waals surface area contributed by atoms with Gasteiger partial charge in [0.05, 0.1) is 5.69 Å². The first-order chi connectivity index (χ1) is 9.36. The van der Waals surface area contributed by atoms with Crippen LogP contribution in [0.4, 0.5) is 0 Å². The lowest BCUT2D eigenvalue weighted by molar-refractivity contribution is 0.197. The van der Waals surface area contributed by atoms with Crippen LogP contribution in [0.5, 0.6) is 0 Å². The molecule has 4 nitrogen and oxygen atoms in total. The van der Waals surface area contributed by atoms with Gasteiger partial charge in [0, 0.05) is 31.5 Å². The van der Waals surface area contributed by atoms with Crippen LogP contribution < -0.4 is 5.32 Å². The number of nitrogens with one attached hydrogen (secondary N) is 1. The Morgan fingerprint density at radius 3 is 3.16 bits per heavy atom. The largest absolute Gasteiger partial charge is 0.315 e. The Kier molecular flexibility index (Phi) is 3.80. The molecule has 1 unspecified atom stereocenters. The molecule has 0 amide bonds. The third-order valence-corrected chi connectivity index (χ3v) is 3.84. The molecular formula is C15H22N4. The van der Waals surface area contributed by atoms with E-state index in [9.17, 15) is 0 Å². The highest BCUT2D eigenvalue weighted by Gasteiger charge is 2.22. The van der Waals surface area contributed by atoms with E-state index in [1.54, 1.807) is 0 Å². The monoisotopic (exact) mass is 258 g/mol. The van der Waals surface area contributed by atoms with E-state index >= 15 is 0 Å². The van der Waals surface area contributed by atoms with Gasteiger partial charge in [0.15, 0.2) is 0 Å². The molecule has 19 heavy (non-hydrogen) atoms. The average molecular weight is 258 g/mol. The van der Waals surface area contributed by atoms with Crippen LogP contribution in [0.15, 0.2) is 30.6 Å². The molecule has 102 valence electrons. The Hall–Kier alpha value is -1.39. The van der Waals surface area contributed by atoms with Crippen LogP contribution in [0.25, 0.3) is 5.65 Å². The van der Waals surface area contributed by atoms with Crippen molar-refractivity contribution in [3.05, 3.63) is 36.3 Å². The molecule has 4 heteroatoms. The second-order valence-electron chi connectivity index (χ2n) is 5.32. The molecule has 3 rings (SSSR count). The van der Waals surface area contributed by atoms with Crippen molar-refractivity contribution in [3.63, 3.8) is 0 Å². The number of aromatic nitrogens is 2. The van der Waals surface area contributed by atoms with Gasteiger partial charge in [0.25, 0.3) is 0 Å². The van der Waals surface area contributed by atoms with E-state index in [-0.39, 0.29) is 0 Å². The summed E-state index contributed by atoms with van der Waals surface area (Å²) in [5.74, 6) is 0. The molecule has 0 bridgehead atoms. The summed E-state index contributed by atoms with van der Waals surface area (Å²) >= 11 is 0. The lowest BCUT2D eigenvalue weighted by Crippen LogP contribution is -2.37. The lowest BCUT2D eigenvalue weighted by Gasteiger charge is -2.26. The van der Waals surface area contributed by atoms with Crippen LogP contribution >= 0.6 is 0 Å². The molecule has 2 aromatic rings. The first-order valence-corrected chi connectivity index (χ1v) is 7.24. The van der Waals surface area contributed by atoms with Crippen LogP contribution in [-0.4, -0.2) is 40.0 Å². The zero-order chi connectivity index (χ0) is 13.1. The Labute approximate surface area is 114 Å². The van der Waals surface area contributed by atoms with Crippen LogP contribution in [-0.2, 0) is 6.54 Å². The van der Waals surface area contributed by atoms with Gasteiger partial charge in [-0.1, -0.05) is 13.0 Å². The van der Waals surface area contributed by atoms with E-state index in [1.807, 2.05) is 12.1 Å². The maximum Gasteiger partial charge on any atom is 0.137 e. The van der Waals surface area contributed by atoms with Gasteiger partial charge in [-0.2, -0.15) is 0 Å². The molecule has 0 spiro atoms. The van der Waals surface area contributed by atoms with E-state index in [0.29, 0.717) is 6.04 Å². The summed E-state index contributed by atoms with van der Waals surface area (Å²) in [6.45, 7) is 6.63. The molecule has 1 aliphatic heterocycles. The summed E-state index contributed by atoms with van der Waals surface area (Å²) < 4.78 is 2.10. The van der Waals surface area contributed by atoms with Crippen molar-refractivity contribution in [1.82, 2.24) is 19.6 Å². The van der Waals surface area contributed by atoms with Gasteiger partial charge < -0.3 is 9.72 Å². The minimum Gasteiger partial charge on any atom is -0.315 e. The summed E-state index contributed by atoms with van der Waals surface area (Å²) in [4.78, 5) is 7.28. The van der Waals surface area contributed by atoms with E-state index in [0.717, 1.165) is 31.8 Å². The highest BCUT2D eigenvalue weighted by atomic mass is 15.2. The lowest BCUT2D eigenvalue weighted by atomic mass is 10.2. The Morgan fingerprint density at radius 1 is 1.47 bits per heavy atom. The highest BCUT2D eigenvalue weighted by Crippen LogP contribution is 2.14. The molecule has 1 atom stereocenters. The minimum absolute atomic E-state index is 0.671. The van der Waals surface area contributed by atoms with Gasteiger partial charge in [-0.05, 0) is 38.1 Å². The van der Waals surface area contributed by atoms with Crippen molar-refractivity contribution in [2.24, 2.45) is 0 Å². The maximum atomic E-state index is 4.71. The number of imidazole rings is 1. The van der Waals surface area contributed by atoms with Crippen LogP contribution in [0.3, 0.4) is 0 Å². The molecule has 1 aliphatic rings. The fraction of sp³-hybridized carbons (Fsp3) is 0.533. The minimum atomic E-state index is 0.671. The summed E-state index contributed by atoms with van der Waals surface area (Å²) in [7, 11) is 0. The summed E-state index contributed by atoms with van der Waals surface area (Å²) in [5, 5.41) is 3.46. The molecule has 0 aliphatic carbocycles. The third kappa shape index (κ3) is 2.80. The van der Waals surface area contributed by atoms with Crippen molar-refractivity contribution in [3.8, 4) is 0 Å². The molecule has 1 saturated heterocycles.